The highest BCUT2D eigenvalue weighted by atomic mass is 16.5. The van der Waals surface area contributed by atoms with E-state index in [2.05, 4.69) is 5.32 Å². The van der Waals surface area contributed by atoms with Crippen LogP contribution in [0.25, 0.3) is 0 Å². The summed E-state index contributed by atoms with van der Waals surface area (Å²) in [5, 5.41) is 2.77. The van der Waals surface area contributed by atoms with Crippen LogP contribution in [0.3, 0.4) is 0 Å². The first-order valence-electron chi connectivity index (χ1n) is 6.14. The summed E-state index contributed by atoms with van der Waals surface area (Å²) in [4.78, 5) is 22.9. The molecule has 0 atom stereocenters. The SMILES string of the molecule is Cc1ccccc1CC(=O)OCC(=O)NC1CC1. The third-order valence-electron chi connectivity index (χ3n) is 2.90. The summed E-state index contributed by atoms with van der Waals surface area (Å²) in [5.74, 6) is -0.578. The lowest BCUT2D eigenvalue weighted by atomic mass is 10.1. The molecule has 18 heavy (non-hydrogen) atoms. The fourth-order valence-corrected chi connectivity index (χ4v) is 1.66. The lowest BCUT2D eigenvalue weighted by molar-refractivity contribution is -0.147. The van der Waals surface area contributed by atoms with Crippen molar-refractivity contribution in [2.24, 2.45) is 0 Å². The number of carbonyl (C=O) groups excluding carboxylic acids is 2. The third-order valence-corrected chi connectivity index (χ3v) is 2.90. The predicted molar refractivity (Wildman–Crippen MR) is 67.0 cm³/mol. The molecule has 1 N–H and O–H groups in total. The molecule has 0 aromatic heterocycles. The van der Waals surface area contributed by atoms with Crippen LogP contribution < -0.4 is 5.32 Å². The molecular weight excluding hydrogens is 230 g/mol. The normalized spacial score (nSPS) is 14.1. The number of aryl methyl sites for hydroxylation is 1. The Balaban J connectivity index is 1.74. The smallest absolute Gasteiger partial charge is 0.310 e. The summed E-state index contributed by atoms with van der Waals surface area (Å²) >= 11 is 0. The number of esters is 1. The van der Waals surface area contributed by atoms with Crippen molar-refractivity contribution in [3.8, 4) is 0 Å². The highest BCUT2D eigenvalue weighted by Gasteiger charge is 2.23. The molecule has 4 heteroatoms. The molecule has 1 aromatic carbocycles. The Morgan fingerprint density at radius 2 is 2.06 bits per heavy atom. The Morgan fingerprint density at radius 3 is 2.72 bits per heavy atom. The number of nitrogens with one attached hydrogen (secondary N) is 1. The molecule has 0 unspecified atom stereocenters. The number of amides is 1. The zero-order valence-corrected chi connectivity index (χ0v) is 10.4. The quantitative estimate of drug-likeness (QED) is 0.799. The summed E-state index contributed by atoms with van der Waals surface area (Å²) in [6.45, 7) is 1.77. The van der Waals surface area contributed by atoms with E-state index < -0.39 is 0 Å². The van der Waals surface area contributed by atoms with E-state index in [9.17, 15) is 9.59 Å². The van der Waals surface area contributed by atoms with Gasteiger partial charge in [-0.2, -0.15) is 0 Å². The third kappa shape index (κ3) is 3.87. The van der Waals surface area contributed by atoms with Crippen molar-refractivity contribution in [1.82, 2.24) is 5.32 Å². The second-order valence-electron chi connectivity index (χ2n) is 4.61. The molecule has 0 radical (unpaired) electrons. The van der Waals surface area contributed by atoms with Crippen molar-refractivity contribution in [2.75, 3.05) is 6.61 Å². The summed E-state index contributed by atoms with van der Waals surface area (Å²) in [6.07, 6.45) is 2.27. The highest BCUT2D eigenvalue weighted by molar-refractivity contribution is 5.81. The maximum Gasteiger partial charge on any atom is 0.310 e. The molecule has 0 aliphatic heterocycles. The van der Waals surface area contributed by atoms with Crippen molar-refractivity contribution in [3.63, 3.8) is 0 Å². The van der Waals surface area contributed by atoms with Crippen LogP contribution in [-0.2, 0) is 20.7 Å². The number of rotatable bonds is 5. The summed E-state index contributed by atoms with van der Waals surface area (Å²) in [7, 11) is 0. The fourth-order valence-electron chi connectivity index (χ4n) is 1.66. The van der Waals surface area contributed by atoms with Gasteiger partial charge in [0, 0.05) is 6.04 Å². The zero-order chi connectivity index (χ0) is 13.0. The monoisotopic (exact) mass is 247 g/mol. The fraction of sp³-hybridized carbons (Fsp3) is 0.429. The van der Waals surface area contributed by atoms with Gasteiger partial charge < -0.3 is 10.1 Å². The first-order chi connectivity index (χ1) is 8.65. The van der Waals surface area contributed by atoms with Crippen molar-refractivity contribution in [3.05, 3.63) is 35.4 Å². The van der Waals surface area contributed by atoms with Crippen LogP contribution in [0.4, 0.5) is 0 Å². The van der Waals surface area contributed by atoms with Gasteiger partial charge in [-0.1, -0.05) is 24.3 Å². The Labute approximate surface area is 106 Å². The Kier molecular flexibility index (Phi) is 3.97. The van der Waals surface area contributed by atoms with E-state index in [1.807, 2.05) is 31.2 Å². The van der Waals surface area contributed by atoms with E-state index in [0.29, 0.717) is 6.04 Å². The van der Waals surface area contributed by atoms with Crippen LogP contribution in [0.5, 0.6) is 0 Å². The minimum atomic E-state index is -0.366. The first-order valence-corrected chi connectivity index (χ1v) is 6.14. The molecular formula is C14H17NO3. The second-order valence-corrected chi connectivity index (χ2v) is 4.61. The van der Waals surface area contributed by atoms with E-state index in [0.717, 1.165) is 24.0 Å². The van der Waals surface area contributed by atoms with Gasteiger partial charge in [0.15, 0.2) is 6.61 Å². The van der Waals surface area contributed by atoms with Crippen LogP contribution in [0.2, 0.25) is 0 Å². The molecule has 0 spiro atoms. The molecule has 1 fully saturated rings. The van der Waals surface area contributed by atoms with E-state index in [-0.39, 0.29) is 24.9 Å². The van der Waals surface area contributed by atoms with Crippen molar-refractivity contribution in [2.45, 2.75) is 32.2 Å². The van der Waals surface area contributed by atoms with Crippen molar-refractivity contribution >= 4 is 11.9 Å². The van der Waals surface area contributed by atoms with E-state index in [4.69, 9.17) is 4.74 Å². The number of hydrogen-bond donors (Lipinski definition) is 1. The number of ether oxygens (including phenoxy) is 1. The van der Waals surface area contributed by atoms with Crippen LogP contribution in [0.15, 0.2) is 24.3 Å². The Bertz CT molecular complexity index is 452. The molecule has 1 amide bonds. The van der Waals surface area contributed by atoms with E-state index >= 15 is 0 Å². The molecule has 0 saturated heterocycles. The minimum absolute atomic E-state index is 0.179. The average Bonchev–Trinajstić information content (AvgIpc) is 3.13. The maximum absolute atomic E-state index is 11.6. The van der Waals surface area contributed by atoms with E-state index in [1.54, 1.807) is 0 Å². The first kappa shape index (κ1) is 12.6. The largest absolute Gasteiger partial charge is 0.455 e. The van der Waals surface area contributed by atoms with Crippen molar-refractivity contribution < 1.29 is 14.3 Å². The zero-order valence-electron chi connectivity index (χ0n) is 10.4. The Hall–Kier alpha value is -1.84. The molecule has 1 aliphatic rings. The Morgan fingerprint density at radius 1 is 1.33 bits per heavy atom. The van der Waals surface area contributed by atoms with Gasteiger partial charge in [0.25, 0.3) is 5.91 Å². The van der Waals surface area contributed by atoms with Gasteiger partial charge in [0.1, 0.15) is 0 Å². The van der Waals surface area contributed by atoms with Gasteiger partial charge in [0.2, 0.25) is 0 Å². The van der Waals surface area contributed by atoms with Gasteiger partial charge in [-0.15, -0.1) is 0 Å². The van der Waals surface area contributed by atoms with Gasteiger partial charge in [-0.3, -0.25) is 9.59 Å². The molecule has 0 heterocycles. The predicted octanol–water partition coefficient (Wildman–Crippen LogP) is 1.36. The maximum atomic E-state index is 11.6. The van der Waals surface area contributed by atoms with Crippen LogP contribution >= 0.6 is 0 Å². The van der Waals surface area contributed by atoms with Crippen molar-refractivity contribution in [1.29, 1.82) is 0 Å². The number of hydrogen-bond acceptors (Lipinski definition) is 3. The number of carbonyl (C=O) groups is 2. The topological polar surface area (TPSA) is 55.4 Å². The van der Waals surface area contributed by atoms with E-state index in [1.165, 1.54) is 0 Å². The molecule has 4 nitrogen and oxygen atoms in total. The van der Waals surface area contributed by atoms with Gasteiger partial charge in [0.05, 0.1) is 6.42 Å². The standard InChI is InChI=1S/C14H17NO3/c1-10-4-2-3-5-11(10)8-14(17)18-9-13(16)15-12-6-7-12/h2-5,12H,6-9H2,1H3,(H,15,16). The van der Waals surface area contributed by atoms with Gasteiger partial charge in [-0.05, 0) is 30.9 Å². The minimum Gasteiger partial charge on any atom is -0.455 e. The van der Waals surface area contributed by atoms with Crippen LogP contribution in [0.1, 0.15) is 24.0 Å². The lowest BCUT2D eigenvalue weighted by Crippen LogP contribution is -2.30. The average molecular weight is 247 g/mol. The molecule has 1 aliphatic carbocycles. The number of benzene rings is 1. The lowest BCUT2D eigenvalue weighted by Gasteiger charge is -2.07. The summed E-state index contributed by atoms with van der Waals surface area (Å²) < 4.78 is 4.94. The summed E-state index contributed by atoms with van der Waals surface area (Å²) in [5.41, 5.74) is 1.99. The summed E-state index contributed by atoms with van der Waals surface area (Å²) in [6, 6.07) is 7.94. The molecule has 0 bridgehead atoms. The highest BCUT2D eigenvalue weighted by Crippen LogP contribution is 2.18. The second kappa shape index (κ2) is 5.67. The molecule has 96 valence electrons. The molecule has 1 saturated carbocycles. The molecule has 2 rings (SSSR count). The molecule has 1 aromatic rings. The van der Waals surface area contributed by atoms with Gasteiger partial charge in [-0.25, -0.2) is 0 Å². The van der Waals surface area contributed by atoms with Crippen LogP contribution in [0, 0.1) is 6.92 Å². The van der Waals surface area contributed by atoms with Gasteiger partial charge >= 0.3 is 5.97 Å². The van der Waals surface area contributed by atoms with Crippen LogP contribution in [-0.4, -0.2) is 24.5 Å².